The third kappa shape index (κ3) is 2.42. The Bertz CT molecular complexity index is 650. The number of benzene rings is 1. The van der Waals surface area contributed by atoms with Crippen LogP contribution in [0.1, 0.15) is 12.5 Å². The summed E-state index contributed by atoms with van der Waals surface area (Å²) in [6.07, 6.45) is 0. The molecule has 1 aromatic carbocycles. The number of carbonyl (C=O) groups excluding carboxylic acids is 2. The second-order valence-corrected chi connectivity index (χ2v) is 4.45. The molecule has 1 aromatic rings. The van der Waals surface area contributed by atoms with Crippen molar-refractivity contribution in [1.82, 2.24) is 0 Å². The summed E-state index contributed by atoms with van der Waals surface area (Å²) in [5, 5.41) is 0. The van der Waals surface area contributed by atoms with Gasteiger partial charge in [-0.2, -0.15) is 0 Å². The number of ether oxygens (including phenoxy) is 3. The Morgan fingerprint density at radius 2 is 1.29 bits per heavy atom. The molecule has 5 nitrogen and oxygen atoms in total. The third-order valence-electron chi connectivity index (χ3n) is 3.35. The van der Waals surface area contributed by atoms with Crippen molar-refractivity contribution in [1.29, 1.82) is 0 Å². The maximum absolute atomic E-state index is 12.5. The van der Waals surface area contributed by atoms with Crippen LogP contribution in [-0.4, -0.2) is 32.9 Å². The van der Waals surface area contributed by atoms with Crippen LogP contribution in [0.15, 0.2) is 41.4 Å². The number of rotatable bonds is 4. The first-order valence-corrected chi connectivity index (χ1v) is 6.32. The van der Waals surface area contributed by atoms with Crippen molar-refractivity contribution in [2.45, 2.75) is 6.92 Å². The largest absolute Gasteiger partial charge is 0.497 e. The molecule has 0 amide bonds. The predicted molar refractivity (Wildman–Crippen MR) is 76.6 cm³/mol. The Morgan fingerprint density at radius 1 is 0.762 bits per heavy atom. The average Bonchev–Trinajstić information content (AvgIpc) is 2.51. The highest BCUT2D eigenvalue weighted by Crippen LogP contribution is 2.32. The van der Waals surface area contributed by atoms with E-state index in [2.05, 4.69) is 0 Å². The van der Waals surface area contributed by atoms with Crippen molar-refractivity contribution in [2.75, 3.05) is 21.3 Å². The van der Waals surface area contributed by atoms with Crippen molar-refractivity contribution in [3.8, 4) is 5.75 Å². The lowest BCUT2D eigenvalue weighted by molar-refractivity contribution is -0.119. The molecule has 0 aromatic heterocycles. The summed E-state index contributed by atoms with van der Waals surface area (Å²) < 4.78 is 15.1. The minimum absolute atomic E-state index is 0.0581. The smallest absolute Gasteiger partial charge is 0.232 e. The Balaban J connectivity index is 2.55. The molecule has 0 saturated carbocycles. The molecule has 0 spiro atoms. The summed E-state index contributed by atoms with van der Waals surface area (Å²) >= 11 is 0. The van der Waals surface area contributed by atoms with E-state index in [-0.39, 0.29) is 23.1 Å². The van der Waals surface area contributed by atoms with E-state index < -0.39 is 0 Å². The number of Topliss-reactive ketones (excluding diaryl/α,β-unsaturated/α-hetero) is 2. The Morgan fingerprint density at radius 3 is 1.76 bits per heavy atom. The molecule has 1 aliphatic carbocycles. The summed E-state index contributed by atoms with van der Waals surface area (Å²) in [5.74, 6) is -0.167. The molecule has 0 fully saturated rings. The zero-order valence-corrected chi connectivity index (χ0v) is 12.4. The first-order valence-electron chi connectivity index (χ1n) is 6.32. The highest BCUT2D eigenvalue weighted by Gasteiger charge is 2.35. The summed E-state index contributed by atoms with van der Waals surface area (Å²) in [5.41, 5.74) is 1.29. The van der Waals surface area contributed by atoms with Crippen molar-refractivity contribution in [3.63, 3.8) is 0 Å². The zero-order chi connectivity index (χ0) is 15.6. The number of hydrogen-bond donors (Lipinski definition) is 0. The molecule has 0 bridgehead atoms. The second kappa shape index (κ2) is 5.83. The highest BCUT2D eigenvalue weighted by molar-refractivity contribution is 6.38. The number of methoxy groups -OCH3 is 3. The van der Waals surface area contributed by atoms with Crippen molar-refractivity contribution in [2.24, 2.45) is 0 Å². The van der Waals surface area contributed by atoms with Crippen LogP contribution in [0, 0.1) is 0 Å². The van der Waals surface area contributed by atoms with Crippen LogP contribution >= 0.6 is 0 Å². The van der Waals surface area contributed by atoms with Gasteiger partial charge in [-0.25, -0.2) is 0 Å². The molecular weight excluding hydrogens is 272 g/mol. The molecule has 21 heavy (non-hydrogen) atoms. The summed E-state index contributed by atoms with van der Waals surface area (Å²) in [7, 11) is 4.24. The lowest BCUT2D eigenvalue weighted by Gasteiger charge is -2.20. The fourth-order valence-corrected chi connectivity index (χ4v) is 2.25. The van der Waals surface area contributed by atoms with E-state index in [0.29, 0.717) is 22.5 Å². The fraction of sp³-hybridized carbons (Fsp3) is 0.250. The van der Waals surface area contributed by atoms with Crippen LogP contribution in [0.4, 0.5) is 0 Å². The quantitative estimate of drug-likeness (QED) is 0.794. The molecule has 0 N–H and O–H groups in total. The van der Waals surface area contributed by atoms with Gasteiger partial charge in [-0.3, -0.25) is 9.59 Å². The van der Waals surface area contributed by atoms with Gasteiger partial charge in [0.1, 0.15) is 5.75 Å². The summed E-state index contributed by atoms with van der Waals surface area (Å²) in [6.45, 7) is 1.60. The molecule has 110 valence electrons. The average molecular weight is 288 g/mol. The van der Waals surface area contributed by atoms with Gasteiger partial charge in [0.15, 0.2) is 0 Å². The van der Waals surface area contributed by atoms with Gasteiger partial charge in [0.25, 0.3) is 0 Å². The maximum Gasteiger partial charge on any atom is 0.232 e. The van der Waals surface area contributed by atoms with Gasteiger partial charge in [-0.15, -0.1) is 0 Å². The van der Waals surface area contributed by atoms with E-state index in [1.807, 2.05) is 0 Å². The van der Waals surface area contributed by atoms with Crippen LogP contribution in [0.25, 0.3) is 5.57 Å². The Labute approximate surface area is 122 Å². The van der Waals surface area contributed by atoms with Gasteiger partial charge >= 0.3 is 0 Å². The molecule has 0 unspecified atom stereocenters. The number of ketones is 2. The topological polar surface area (TPSA) is 61.8 Å². The summed E-state index contributed by atoms with van der Waals surface area (Å²) in [4.78, 5) is 24.8. The molecule has 0 heterocycles. The van der Waals surface area contributed by atoms with E-state index in [9.17, 15) is 9.59 Å². The van der Waals surface area contributed by atoms with Gasteiger partial charge in [0.05, 0.1) is 21.3 Å². The highest BCUT2D eigenvalue weighted by atomic mass is 16.5. The molecule has 2 rings (SSSR count). The lowest BCUT2D eigenvalue weighted by atomic mass is 9.88. The summed E-state index contributed by atoms with van der Waals surface area (Å²) in [6, 6.07) is 6.92. The lowest BCUT2D eigenvalue weighted by Crippen LogP contribution is -2.24. The van der Waals surface area contributed by atoms with E-state index >= 15 is 0 Å². The number of hydrogen-bond acceptors (Lipinski definition) is 5. The van der Waals surface area contributed by atoms with Crippen LogP contribution in [0.5, 0.6) is 5.75 Å². The van der Waals surface area contributed by atoms with Gasteiger partial charge < -0.3 is 14.2 Å². The minimum Gasteiger partial charge on any atom is -0.497 e. The SMILES string of the molecule is COC1=C(OC)C(=O)C(c2ccc(OC)cc2)=C(C)C1=O. The van der Waals surface area contributed by atoms with Crippen molar-refractivity contribution in [3.05, 3.63) is 46.9 Å². The first-order chi connectivity index (χ1) is 10.0. The molecule has 1 aliphatic rings. The molecule has 5 heteroatoms. The number of carbonyl (C=O) groups is 2. The van der Waals surface area contributed by atoms with Gasteiger partial charge in [-0.05, 0) is 24.6 Å². The monoisotopic (exact) mass is 288 g/mol. The predicted octanol–water partition coefficient (Wildman–Crippen LogP) is 2.12. The normalized spacial score (nSPS) is 15.4. The zero-order valence-electron chi connectivity index (χ0n) is 12.4. The Hall–Kier alpha value is -2.56. The minimum atomic E-state index is -0.364. The van der Waals surface area contributed by atoms with Crippen LogP contribution < -0.4 is 4.74 Å². The van der Waals surface area contributed by atoms with Crippen LogP contribution in [-0.2, 0) is 19.1 Å². The molecule has 0 saturated heterocycles. The number of allylic oxidation sites excluding steroid dienone is 2. The van der Waals surface area contributed by atoms with Gasteiger partial charge in [-0.1, -0.05) is 12.1 Å². The maximum atomic E-state index is 12.5. The van der Waals surface area contributed by atoms with Crippen LogP contribution in [0.2, 0.25) is 0 Å². The standard InChI is InChI=1S/C16H16O5/c1-9-12(10-5-7-11(19-2)8-6-10)14(18)16(21-4)15(20-3)13(9)17/h5-8H,1-4H3. The molecule has 0 radical (unpaired) electrons. The second-order valence-electron chi connectivity index (χ2n) is 4.45. The van der Waals surface area contributed by atoms with E-state index in [1.54, 1.807) is 38.3 Å². The first kappa shape index (κ1) is 14.8. The van der Waals surface area contributed by atoms with Crippen molar-refractivity contribution >= 4 is 17.1 Å². The fourth-order valence-electron chi connectivity index (χ4n) is 2.25. The van der Waals surface area contributed by atoms with Gasteiger partial charge in [0.2, 0.25) is 23.1 Å². The third-order valence-corrected chi connectivity index (χ3v) is 3.35. The molecular formula is C16H16O5. The molecule has 0 atom stereocenters. The Kier molecular flexibility index (Phi) is 4.12. The van der Waals surface area contributed by atoms with Crippen LogP contribution in [0.3, 0.4) is 0 Å². The van der Waals surface area contributed by atoms with E-state index in [0.717, 1.165) is 0 Å². The van der Waals surface area contributed by atoms with Gasteiger partial charge in [0, 0.05) is 11.1 Å². The van der Waals surface area contributed by atoms with Crippen molar-refractivity contribution < 1.29 is 23.8 Å². The molecule has 0 aliphatic heterocycles. The van der Waals surface area contributed by atoms with E-state index in [1.165, 1.54) is 14.2 Å². The van der Waals surface area contributed by atoms with E-state index in [4.69, 9.17) is 14.2 Å².